The van der Waals surface area contributed by atoms with Gasteiger partial charge in [0, 0.05) is 17.3 Å². The molecule has 1 aromatic heterocycles. The highest BCUT2D eigenvalue weighted by Crippen LogP contribution is 2.22. The lowest BCUT2D eigenvalue weighted by atomic mass is 9.91. The molecule has 0 unspecified atom stereocenters. The quantitative estimate of drug-likeness (QED) is 0.608. The Kier molecular flexibility index (Phi) is 6.32. The summed E-state index contributed by atoms with van der Waals surface area (Å²) in [5, 5.41) is 4.08. The Morgan fingerprint density at radius 3 is 2.37 bits per heavy atom. The van der Waals surface area contributed by atoms with Crippen LogP contribution in [0.3, 0.4) is 0 Å². The molecule has 144 valence electrons. The molecule has 0 fully saturated rings. The predicted octanol–water partition coefficient (Wildman–Crippen LogP) is 2.82. The maximum atomic E-state index is 13.0. The first kappa shape index (κ1) is 20.6. The third kappa shape index (κ3) is 5.37. The zero-order valence-corrected chi connectivity index (χ0v) is 16.7. The molecule has 1 heterocycles. The van der Waals surface area contributed by atoms with E-state index < -0.39 is 22.5 Å². The van der Waals surface area contributed by atoms with E-state index in [9.17, 15) is 13.2 Å². The maximum absolute atomic E-state index is 13.0. The number of sulfonamides is 1. The molecule has 0 aliphatic rings. The van der Waals surface area contributed by atoms with Gasteiger partial charge in [0.1, 0.15) is 6.54 Å². The van der Waals surface area contributed by atoms with Gasteiger partial charge in [-0.25, -0.2) is 13.8 Å². The first-order valence-electron chi connectivity index (χ1n) is 8.44. The molecule has 1 amide bonds. The molecule has 7 nitrogen and oxygen atoms in total. The largest absolute Gasteiger partial charge is 0.271 e. The Labute approximate surface area is 160 Å². The van der Waals surface area contributed by atoms with Gasteiger partial charge in [-0.05, 0) is 31.2 Å². The average Bonchev–Trinajstić information content (AvgIpc) is 2.64. The zero-order valence-electron chi connectivity index (χ0n) is 15.9. The molecular weight excluding hydrogens is 364 g/mol. The molecule has 2 rings (SSSR count). The lowest BCUT2D eigenvalue weighted by molar-refractivity contribution is -0.119. The van der Waals surface area contributed by atoms with Gasteiger partial charge in [-0.15, -0.1) is 0 Å². The Bertz CT molecular complexity index is 905. The van der Waals surface area contributed by atoms with Gasteiger partial charge < -0.3 is 0 Å². The third-order valence-corrected chi connectivity index (χ3v) is 5.77. The molecule has 1 N–H and O–H groups in total. The van der Waals surface area contributed by atoms with Crippen molar-refractivity contribution in [3.05, 3.63) is 54.9 Å². The van der Waals surface area contributed by atoms with E-state index in [0.717, 1.165) is 10.0 Å². The minimum atomic E-state index is -3.93. The van der Waals surface area contributed by atoms with E-state index in [0.29, 0.717) is 5.69 Å². The summed E-state index contributed by atoms with van der Waals surface area (Å²) >= 11 is 0. The first-order valence-corrected chi connectivity index (χ1v) is 9.88. The highest BCUT2D eigenvalue weighted by molar-refractivity contribution is 7.92. The molecule has 0 aliphatic carbocycles. The van der Waals surface area contributed by atoms with Crippen LogP contribution < -0.4 is 9.73 Å². The van der Waals surface area contributed by atoms with E-state index in [1.54, 1.807) is 37.3 Å². The molecule has 0 saturated carbocycles. The second-order valence-corrected chi connectivity index (χ2v) is 8.88. The summed E-state index contributed by atoms with van der Waals surface area (Å²) in [6.45, 7) is 7.31. The fourth-order valence-corrected chi connectivity index (χ4v) is 3.44. The van der Waals surface area contributed by atoms with Crippen LogP contribution in [0.25, 0.3) is 0 Å². The lowest BCUT2D eigenvalue weighted by Gasteiger charge is -2.23. The van der Waals surface area contributed by atoms with Crippen molar-refractivity contribution in [2.45, 2.75) is 32.6 Å². The van der Waals surface area contributed by atoms with E-state index in [-0.39, 0.29) is 10.3 Å². The number of anilines is 1. The van der Waals surface area contributed by atoms with Crippen molar-refractivity contribution in [2.75, 3.05) is 10.8 Å². The number of hydrazone groups is 1. The maximum Gasteiger partial charge on any atom is 0.264 e. The number of carbonyl (C=O) groups is 1. The summed E-state index contributed by atoms with van der Waals surface area (Å²) in [7, 11) is -3.93. The van der Waals surface area contributed by atoms with Crippen LogP contribution in [0.5, 0.6) is 0 Å². The van der Waals surface area contributed by atoms with Crippen LogP contribution in [0.4, 0.5) is 5.69 Å². The Balaban J connectivity index is 2.31. The van der Waals surface area contributed by atoms with Crippen molar-refractivity contribution in [1.29, 1.82) is 0 Å². The van der Waals surface area contributed by atoms with Gasteiger partial charge in [-0.3, -0.25) is 14.1 Å². The number of nitrogens with zero attached hydrogens (tertiary/aromatic N) is 3. The third-order valence-electron chi connectivity index (χ3n) is 3.99. The van der Waals surface area contributed by atoms with Crippen LogP contribution in [0.2, 0.25) is 0 Å². The van der Waals surface area contributed by atoms with Crippen molar-refractivity contribution in [1.82, 2.24) is 10.4 Å². The average molecular weight is 388 g/mol. The summed E-state index contributed by atoms with van der Waals surface area (Å²) in [5.41, 5.74) is 3.26. The SMILES string of the molecule is C/C(=N/NC(=O)CN(c1cccnc1)S(=O)(=O)c1ccccc1)C(C)(C)C. The number of benzene rings is 1. The van der Waals surface area contributed by atoms with Gasteiger partial charge >= 0.3 is 0 Å². The smallest absolute Gasteiger partial charge is 0.264 e. The molecule has 0 bridgehead atoms. The van der Waals surface area contributed by atoms with Crippen LogP contribution in [0.1, 0.15) is 27.7 Å². The number of nitrogens with one attached hydrogen (secondary N) is 1. The minimum Gasteiger partial charge on any atom is -0.271 e. The number of rotatable bonds is 6. The molecular formula is C19H24N4O3S. The molecule has 27 heavy (non-hydrogen) atoms. The summed E-state index contributed by atoms with van der Waals surface area (Å²) in [4.78, 5) is 16.4. The summed E-state index contributed by atoms with van der Waals surface area (Å²) in [5.74, 6) is -0.540. The normalized spacial score (nSPS) is 12.5. The fraction of sp³-hybridized carbons (Fsp3) is 0.316. The number of carbonyl (C=O) groups excluding carboxylic acids is 1. The highest BCUT2D eigenvalue weighted by Gasteiger charge is 2.27. The van der Waals surface area contributed by atoms with Crippen molar-refractivity contribution < 1.29 is 13.2 Å². The Morgan fingerprint density at radius 2 is 1.81 bits per heavy atom. The number of hydrogen-bond acceptors (Lipinski definition) is 5. The van der Waals surface area contributed by atoms with Crippen LogP contribution in [-0.4, -0.2) is 31.6 Å². The standard InChI is InChI=1S/C19H24N4O3S/c1-15(19(2,3)4)21-22-18(24)14-23(16-9-8-12-20-13-16)27(25,26)17-10-6-5-7-11-17/h5-13H,14H2,1-4H3,(H,22,24)/b21-15-. The van der Waals surface area contributed by atoms with Crippen LogP contribution in [0, 0.1) is 5.41 Å². The van der Waals surface area contributed by atoms with Crippen molar-refractivity contribution in [3.63, 3.8) is 0 Å². The lowest BCUT2D eigenvalue weighted by Crippen LogP contribution is -2.40. The van der Waals surface area contributed by atoms with Crippen molar-refractivity contribution in [3.8, 4) is 0 Å². The van der Waals surface area contributed by atoms with Crippen molar-refractivity contribution >= 4 is 27.3 Å². The summed E-state index contributed by atoms with van der Waals surface area (Å²) in [6, 6.07) is 11.2. The Hall–Kier alpha value is -2.74. The van der Waals surface area contributed by atoms with Gasteiger partial charge in [-0.1, -0.05) is 39.0 Å². The fourth-order valence-electron chi connectivity index (χ4n) is 2.02. The highest BCUT2D eigenvalue weighted by atomic mass is 32.2. The van der Waals surface area contributed by atoms with E-state index in [2.05, 4.69) is 15.5 Å². The predicted molar refractivity (Wildman–Crippen MR) is 106 cm³/mol. The van der Waals surface area contributed by atoms with E-state index >= 15 is 0 Å². The van der Waals surface area contributed by atoms with E-state index in [4.69, 9.17) is 0 Å². The monoisotopic (exact) mass is 388 g/mol. The molecule has 0 saturated heterocycles. The van der Waals surface area contributed by atoms with Gasteiger partial charge in [-0.2, -0.15) is 5.10 Å². The van der Waals surface area contributed by atoms with Crippen LogP contribution >= 0.6 is 0 Å². The molecule has 0 atom stereocenters. The molecule has 8 heteroatoms. The van der Waals surface area contributed by atoms with E-state index in [1.807, 2.05) is 20.8 Å². The van der Waals surface area contributed by atoms with Crippen LogP contribution in [0.15, 0.2) is 64.9 Å². The summed E-state index contributed by atoms with van der Waals surface area (Å²) < 4.78 is 27.1. The second kappa shape index (κ2) is 8.30. The van der Waals surface area contributed by atoms with Gasteiger partial charge in [0.05, 0.1) is 16.8 Å². The molecule has 0 aliphatic heterocycles. The topological polar surface area (TPSA) is 91.7 Å². The van der Waals surface area contributed by atoms with Gasteiger partial charge in [0.25, 0.3) is 15.9 Å². The van der Waals surface area contributed by atoms with E-state index in [1.165, 1.54) is 24.5 Å². The summed E-state index contributed by atoms with van der Waals surface area (Å²) in [6.07, 6.45) is 2.94. The number of aromatic nitrogens is 1. The first-order chi connectivity index (χ1) is 12.6. The second-order valence-electron chi connectivity index (χ2n) is 7.02. The van der Waals surface area contributed by atoms with Crippen LogP contribution in [-0.2, 0) is 14.8 Å². The molecule has 2 aromatic rings. The number of amides is 1. The minimum absolute atomic E-state index is 0.0935. The zero-order chi connectivity index (χ0) is 20.1. The van der Waals surface area contributed by atoms with Crippen molar-refractivity contribution in [2.24, 2.45) is 10.5 Å². The molecule has 1 aromatic carbocycles. The molecule has 0 radical (unpaired) electrons. The number of pyridine rings is 1. The molecule has 0 spiro atoms. The number of hydrogen-bond donors (Lipinski definition) is 1. The Morgan fingerprint density at radius 1 is 1.15 bits per heavy atom. The van der Waals surface area contributed by atoms with Gasteiger partial charge in [0.2, 0.25) is 0 Å². The van der Waals surface area contributed by atoms with Gasteiger partial charge in [0.15, 0.2) is 0 Å².